The summed E-state index contributed by atoms with van der Waals surface area (Å²) in [4.78, 5) is 16.6. The number of hydrogen-bond acceptors (Lipinski definition) is 3. The Labute approximate surface area is 148 Å². The average Bonchev–Trinajstić information content (AvgIpc) is 3.09. The Morgan fingerprint density at radius 1 is 1.29 bits per heavy atom. The maximum absolute atomic E-state index is 12.3. The van der Waals surface area contributed by atoms with E-state index in [1.54, 1.807) is 0 Å². The van der Waals surface area contributed by atoms with Crippen molar-refractivity contribution < 1.29 is 9.53 Å². The fourth-order valence-electron chi connectivity index (χ4n) is 4.79. The molecule has 1 aliphatic carbocycles. The molecule has 1 aromatic rings. The minimum Gasteiger partial charge on any atom is -0.444 e. The van der Waals surface area contributed by atoms with E-state index >= 15 is 0 Å². The monoisotopic (exact) mass is 348 g/mol. The summed E-state index contributed by atoms with van der Waals surface area (Å²) in [5.41, 5.74) is 2.56. The SMILES string of the molecule is CN1[C@@H]2c3cc(Cl)ccc3C3(CCN(C(=O)OC(C)(C)C)CC3)[C@@H]21. The lowest BCUT2D eigenvalue weighted by Gasteiger charge is -2.42. The molecular formula is C19H25ClN2O2. The van der Waals surface area contributed by atoms with Crippen molar-refractivity contribution >= 4 is 17.7 Å². The van der Waals surface area contributed by atoms with Gasteiger partial charge in [-0.15, -0.1) is 0 Å². The molecule has 2 heterocycles. The molecule has 2 aliphatic heterocycles. The van der Waals surface area contributed by atoms with Crippen LogP contribution in [0, 0.1) is 0 Å². The summed E-state index contributed by atoms with van der Waals surface area (Å²) in [6.07, 6.45) is 1.80. The molecule has 5 heteroatoms. The van der Waals surface area contributed by atoms with E-state index in [9.17, 15) is 4.79 Å². The van der Waals surface area contributed by atoms with Gasteiger partial charge in [0.25, 0.3) is 0 Å². The summed E-state index contributed by atoms with van der Waals surface area (Å²) in [5, 5.41) is 0.816. The summed E-state index contributed by atoms with van der Waals surface area (Å²) >= 11 is 6.22. The van der Waals surface area contributed by atoms with E-state index in [4.69, 9.17) is 16.3 Å². The highest BCUT2D eigenvalue weighted by Crippen LogP contribution is 2.63. The second-order valence-electron chi connectivity index (χ2n) is 8.41. The topological polar surface area (TPSA) is 32.5 Å². The fourth-order valence-corrected chi connectivity index (χ4v) is 4.97. The number of benzene rings is 1. The van der Waals surface area contributed by atoms with E-state index in [0.717, 1.165) is 31.0 Å². The second kappa shape index (κ2) is 5.12. The normalized spacial score (nSPS) is 30.0. The zero-order valence-corrected chi connectivity index (χ0v) is 15.6. The van der Waals surface area contributed by atoms with Crippen LogP contribution >= 0.6 is 11.6 Å². The van der Waals surface area contributed by atoms with Crippen LogP contribution in [0.15, 0.2) is 18.2 Å². The Morgan fingerprint density at radius 2 is 1.96 bits per heavy atom. The molecule has 0 radical (unpaired) electrons. The van der Waals surface area contributed by atoms with Crippen LogP contribution in [0.3, 0.4) is 0 Å². The summed E-state index contributed by atoms with van der Waals surface area (Å²) in [6, 6.07) is 7.42. The van der Waals surface area contributed by atoms with Crippen LogP contribution < -0.4 is 0 Å². The van der Waals surface area contributed by atoms with E-state index in [0.29, 0.717) is 12.1 Å². The van der Waals surface area contributed by atoms with Crippen molar-refractivity contribution in [3.63, 3.8) is 0 Å². The number of likely N-dealkylation sites (tertiary alicyclic amines) is 1. The lowest BCUT2D eigenvalue weighted by Crippen LogP contribution is -2.49. The number of amides is 1. The highest BCUT2D eigenvalue weighted by Gasteiger charge is 2.65. The van der Waals surface area contributed by atoms with Gasteiger partial charge in [0.2, 0.25) is 0 Å². The molecule has 0 saturated carbocycles. The van der Waals surface area contributed by atoms with Crippen molar-refractivity contribution in [2.24, 2.45) is 0 Å². The molecule has 130 valence electrons. The Hall–Kier alpha value is -1.26. The zero-order chi connectivity index (χ0) is 17.3. The van der Waals surface area contributed by atoms with E-state index in [2.05, 4.69) is 24.1 Å². The van der Waals surface area contributed by atoms with Gasteiger partial charge < -0.3 is 9.64 Å². The molecule has 0 aromatic heterocycles. The lowest BCUT2D eigenvalue weighted by atomic mass is 9.72. The molecule has 3 aliphatic rings. The molecule has 2 saturated heterocycles. The van der Waals surface area contributed by atoms with Crippen molar-refractivity contribution in [1.82, 2.24) is 9.80 Å². The fraction of sp³-hybridized carbons (Fsp3) is 0.632. The van der Waals surface area contributed by atoms with Crippen LogP contribution in [0.4, 0.5) is 4.79 Å². The minimum absolute atomic E-state index is 0.165. The van der Waals surface area contributed by atoms with Gasteiger partial charge in [-0.25, -0.2) is 4.79 Å². The smallest absolute Gasteiger partial charge is 0.410 e. The van der Waals surface area contributed by atoms with Gasteiger partial charge in [-0.1, -0.05) is 17.7 Å². The van der Waals surface area contributed by atoms with Gasteiger partial charge >= 0.3 is 6.09 Å². The predicted molar refractivity (Wildman–Crippen MR) is 94.5 cm³/mol. The third-order valence-electron chi connectivity index (χ3n) is 5.83. The molecule has 24 heavy (non-hydrogen) atoms. The number of rotatable bonds is 0. The summed E-state index contributed by atoms with van der Waals surface area (Å²) in [7, 11) is 2.20. The third-order valence-corrected chi connectivity index (χ3v) is 6.06. The van der Waals surface area contributed by atoms with Gasteiger partial charge in [0.1, 0.15) is 5.60 Å². The number of ether oxygens (including phenoxy) is 1. The van der Waals surface area contributed by atoms with Crippen molar-refractivity contribution in [3.05, 3.63) is 34.3 Å². The number of fused-ring (bicyclic) bond motifs is 5. The predicted octanol–water partition coefficient (Wildman–Crippen LogP) is 3.98. The number of carbonyl (C=O) groups is 1. The van der Waals surface area contributed by atoms with Crippen molar-refractivity contribution in [1.29, 1.82) is 0 Å². The second-order valence-corrected chi connectivity index (χ2v) is 8.85. The van der Waals surface area contributed by atoms with Gasteiger partial charge in [-0.05, 0) is 63.9 Å². The number of hydrogen-bond donors (Lipinski definition) is 0. The van der Waals surface area contributed by atoms with Crippen molar-refractivity contribution in [2.75, 3.05) is 20.1 Å². The first-order valence-electron chi connectivity index (χ1n) is 8.73. The maximum Gasteiger partial charge on any atom is 0.410 e. The molecule has 4 rings (SSSR count). The molecule has 1 spiro atoms. The quantitative estimate of drug-likeness (QED) is 0.665. The molecule has 3 atom stereocenters. The zero-order valence-electron chi connectivity index (χ0n) is 14.8. The highest BCUT2D eigenvalue weighted by atomic mass is 35.5. The van der Waals surface area contributed by atoms with Gasteiger partial charge in [0.05, 0.1) is 6.04 Å². The number of likely N-dealkylation sites (N-methyl/N-ethyl adjacent to an activating group) is 1. The standard InChI is InChI=1S/C19H25ClN2O2/c1-18(2,3)24-17(23)22-9-7-19(8-10-22)14-6-5-12(20)11-13(14)15-16(19)21(15)4/h5-6,11,15-16H,7-10H2,1-4H3/t15-,16-,21?/m1/s1. The van der Waals surface area contributed by atoms with Gasteiger partial charge in [-0.3, -0.25) is 4.90 Å². The van der Waals surface area contributed by atoms with Crippen molar-refractivity contribution in [3.8, 4) is 0 Å². The summed E-state index contributed by atoms with van der Waals surface area (Å²) in [6.45, 7) is 7.26. The highest BCUT2D eigenvalue weighted by molar-refractivity contribution is 6.30. The van der Waals surface area contributed by atoms with Crippen molar-refractivity contribution in [2.45, 2.75) is 56.7 Å². The van der Waals surface area contributed by atoms with Crippen LogP contribution in [-0.4, -0.2) is 47.7 Å². The minimum atomic E-state index is -0.440. The first kappa shape index (κ1) is 16.2. The van der Waals surface area contributed by atoms with E-state index in [1.807, 2.05) is 31.7 Å². The first-order chi connectivity index (χ1) is 11.2. The van der Waals surface area contributed by atoms with E-state index in [1.165, 1.54) is 11.1 Å². The summed E-state index contributed by atoms with van der Waals surface area (Å²) in [5.74, 6) is 0. The van der Waals surface area contributed by atoms with Crippen LogP contribution in [0.25, 0.3) is 0 Å². The lowest BCUT2D eigenvalue weighted by molar-refractivity contribution is 0.0158. The van der Waals surface area contributed by atoms with Crippen LogP contribution in [0.2, 0.25) is 5.02 Å². The Kier molecular flexibility index (Phi) is 3.46. The Morgan fingerprint density at radius 3 is 2.58 bits per heavy atom. The molecule has 2 fully saturated rings. The maximum atomic E-state index is 12.3. The average molecular weight is 349 g/mol. The molecule has 1 unspecified atom stereocenters. The molecule has 0 bridgehead atoms. The first-order valence-corrected chi connectivity index (χ1v) is 9.10. The van der Waals surface area contributed by atoms with Gasteiger partial charge in [0, 0.05) is 29.6 Å². The number of piperidine rings is 1. The molecule has 1 aromatic carbocycles. The van der Waals surface area contributed by atoms with Gasteiger partial charge in [-0.2, -0.15) is 0 Å². The number of halogens is 1. The van der Waals surface area contributed by atoms with Crippen LogP contribution in [0.1, 0.15) is 50.8 Å². The molecule has 1 amide bonds. The van der Waals surface area contributed by atoms with E-state index < -0.39 is 5.60 Å². The molecular weight excluding hydrogens is 324 g/mol. The van der Waals surface area contributed by atoms with Gasteiger partial charge in [0.15, 0.2) is 0 Å². The Bertz CT molecular complexity index is 689. The largest absolute Gasteiger partial charge is 0.444 e. The third kappa shape index (κ3) is 2.34. The van der Waals surface area contributed by atoms with Crippen LogP contribution in [-0.2, 0) is 10.2 Å². The molecule has 0 N–H and O–H groups in total. The number of carbonyl (C=O) groups excluding carboxylic acids is 1. The van der Waals surface area contributed by atoms with E-state index in [-0.39, 0.29) is 11.5 Å². The Balaban J connectivity index is 1.55. The summed E-state index contributed by atoms with van der Waals surface area (Å²) < 4.78 is 5.53. The number of nitrogens with zero attached hydrogens (tertiary/aromatic N) is 2. The molecule has 4 nitrogen and oxygen atoms in total. The van der Waals surface area contributed by atoms with Crippen LogP contribution in [0.5, 0.6) is 0 Å².